The van der Waals surface area contributed by atoms with Crippen molar-refractivity contribution in [2.75, 3.05) is 0 Å². The lowest BCUT2D eigenvalue weighted by atomic mass is 9.94. The summed E-state index contributed by atoms with van der Waals surface area (Å²) in [5, 5.41) is 13.5. The Kier molecular flexibility index (Phi) is 2.23. The van der Waals surface area contributed by atoms with Crippen molar-refractivity contribution in [1.82, 2.24) is 9.78 Å². The van der Waals surface area contributed by atoms with Crippen LogP contribution in [0.5, 0.6) is 0 Å². The van der Waals surface area contributed by atoms with Crippen LogP contribution >= 0.6 is 0 Å². The maximum Gasteiger partial charge on any atom is 0.356 e. The minimum Gasteiger partial charge on any atom is -0.476 e. The van der Waals surface area contributed by atoms with E-state index in [4.69, 9.17) is 0 Å². The zero-order chi connectivity index (χ0) is 11.1. The second kappa shape index (κ2) is 3.61. The number of carboxylic acids is 1. The summed E-state index contributed by atoms with van der Waals surface area (Å²) in [6.45, 7) is 0.891. The second-order valence-corrected chi connectivity index (χ2v) is 4.82. The van der Waals surface area contributed by atoms with Crippen LogP contribution in [0.15, 0.2) is 0 Å². The number of fused-ring (bicyclic) bond motifs is 1. The van der Waals surface area contributed by atoms with Crippen molar-refractivity contribution in [3.63, 3.8) is 0 Å². The molecule has 0 atom stereocenters. The molecule has 0 spiro atoms. The van der Waals surface area contributed by atoms with Gasteiger partial charge in [-0.3, -0.25) is 4.68 Å². The van der Waals surface area contributed by atoms with Crippen molar-refractivity contribution in [2.45, 2.75) is 51.0 Å². The Hall–Kier alpha value is -1.32. The average molecular weight is 220 g/mol. The molecule has 0 amide bonds. The van der Waals surface area contributed by atoms with Gasteiger partial charge in [0.05, 0.1) is 0 Å². The number of hydrogen-bond donors (Lipinski definition) is 1. The number of hydrogen-bond acceptors (Lipinski definition) is 2. The fraction of sp³-hybridized carbons (Fsp3) is 0.667. The Labute approximate surface area is 94.3 Å². The van der Waals surface area contributed by atoms with Crippen molar-refractivity contribution < 1.29 is 9.90 Å². The van der Waals surface area contributed by atoms with Crippen LogP contribution < -0.4 is 0 Å². The molecule has 2 aliphatic rings. The molecule has 3 rings (SSSR count). The summed E-state index contributed by atoms with van der Waals surface area (Å²) in [6, 6.07) is 0. The lowest BCUT2D eigenvalue weighted by Crippen LogP contribution is -2.06. The van der Waals surface area contributed by atoms with Crippen LogP contribution in [-0.2, 0) is 13.0 Å². The monoisotopic (exact) mass is 220 g/mol. The molecule has 0 radical (unpaired) electrons. The first-order valence-electron chi connectivity index (χ1n) is 6.10. The van der Waals surface area contributed by atoms with E-state index in [1.54, 1.807) is 0 Å². The van der Waals surface area contributed by atoms with E-state index >= 15 is 0 Å². The summed E-state index contributed by atoms with van der Waals surface area (Å²) in [5.74, 6) is -0.406. The zero-order valence-electron chi connectivity index (χ0n) is 9.28. The second-order valence-electron chi connectivity index (χ2n) is 4.82. The van der Waals surface area contributed by atoms with Gasteiger partial charge >= 0.3 is 5.97 Å². The number of aryl methyl sites for hydroxylation is 1. The van der Waals surface area contributed by atoms with E-state index in [0.717, 1.165) is 37.8 Å². The molecule has 0 aromatic carbocycles. The van der Waals surface area contributed by atoms with Gasteiger partial charge in [-0.25, -0.2) is 4.79 Å². The summed E-state index contributed by atoms with van der Waals surface area (Å²) < 4.78 is 1.91. The summed E-state index contributed by atoms with van der Waals surface area (Å²) in [6.07, 6.45) is 6.86. The lowest BCUT2D eigenvalue weighted by Gasteiger charge is -2.09. The van der Waals surface area contributed by atoms with E-state index in [0.29, 0.717) is 11.6 Å². The van der Waals surface area contributed by atoms with Gasteiger partial charge in [0.1, 0.15) is 0 Å². The van der Waals surface area contributed by atoms with Crippen LogP contribution in [0.25, 0.3) is 0 Å². The summed E-state index contributed by atoms with van der Waals surface area (Å²) in [5.41, 5.74) is 2.58. The van der Waals surface area contributed by atoms with Gasteiger partial charge in [-0.2, -0.15) is 5.10 Å². The average Bonchev–Trinajstić information content (AvgIpc) is 2.92. The van der Waals surface area contributed by atoms with Gasteiger partial charge in [-0.15, -0.1) is 0 Å². The topological polar surface area (TPSA) is 55.1 Å². The zero-order valence-corrected chi connectivity index (χ0v) is 9.28. The highest BCUT2D eigenvalue weighted by molar-refractivity contribution is 5.87. The Morgan fingerprint density at radius 2 is 2.06 bits per heavy atom. The van der Waals surface area contributed by atoms with Gasteiger partial charge in [0.25, 0.3) is 0 Å². The summed E-state index contributed by atoms with van der Waals surface area (Å²) >= 11 is 0. The minimum absolute atomic E-state index is 0.321. The molecule has 1 aromatic heterocycles. The Morgan fingerprint density at radius 3 is 2.75 bits per heavy atom. The van der Waals surface area contributed by atoms with E-state index in [9.17, 15) is 9.90 Å². The molecule has 86 valence electrons. The SMILES string of the molecule is O=C(O)c1nn2c(c1C1CCCC1)CCC2. The number of rotatable bonds is 2. The number of aromatic nitrogens is 2. The molecule has 1 fully saturated rings. The van der Waals surface area contributed by atoms with E-state index in [-0.39, 0.29) is 0 Å². The van der Waals surface area contributed by atoms with Crippen LogP contribution in [0.3, 0.4) is 0 Å². The van der Waals surface area contributed by atoms with Gasteiger partial charge in [-0.1, -0.05) is 12.8 Å². The van der Waals surface area contributed by atoms with Gasteiger partial charge in [0, 0.05) is 17.8 Å². The Balaban J connectivity index is 2.08. The first kappa shape index (κ1) is 9.87. The van der Waals surface area contributed by atoms with Gasteiger partial charge in [0.15, 0.2) is 5.69 Å². The first-order chi connectivity index (χ1) is 7.77. The molecule has 2 heterocycles. The maximum absolute atomic E-state index is 11.2. The highest BCUT2D eigenvalue weighted by atomic mass is 16.4. The molecule has 0 bridgehead atoms. The summed E-state index contributed by atoms with van der Waals surface area (Å²) in [7, 11) is 0. The Morgan fingerprint density at radius 1 is 1.31 bits per heavy atom. The largest absolute Gasteiger partial charge is 0.476 e. The molecule has 1 aromatic rings. The molecule has 4 nitrogen and oxygen atoms in total. The van der Waals surface area contributed by atoms with E-state index in [1.807, 2.05) is 4.68 Å². The number of aromatic carboxylic acids is 1. The summed E-state index contributed by atoms with van der Waals surface area (Å²) in [4.78, 5) is 11.2. The molecule has 1 aliphatic carbocycles. The highest BCUT2D eigenvalue weighted by Gasteiger charge is 2.31. The molecular formula is C12H16N2O2. The number of carboxylic acid groups (broad SMARTS) is 1. The van der Waals surface area contributed by atoms with E-state index < -0.39 is 5.97 Å². The normalized spacial score (nSPS) is 20.2. The van der Waals surface area contributed by atoms with Gasteiger partial charge in [-0.05, 0) is 31.6 Å². The smallest absolute Gasteiger partial charge is 0.356 e. The van der Waals surface area contributed by atoms with Crippen molar-refractivity contribution >= 4 is 5.97 Å². The fourth-order valence-corrected chi connectivity index (χ4v) is 3.16. The molecular weight excluding hydrogens is 204 g/mol. The van der Waals surface area contributed by atoms with E-state index in [2.05, 4.69) is 5.10 Å². The predicted molar refractivity (Wildman–Crippen MR) is 58.7 cm³/mol. The maximum atomic E-state index is 11.2. The third-order valence-corrected chi connectivity index (χ3v) is 3.85. The molecule has 0 saturated heterocycles. The molecule has 1 N–H and O–H groups in total. The van der Waals surface area contributed by atoms with E-state index in [1.165, 1.54) is 18.5 Å². The van der Waals surface area contributed by atoms with Crippen molar-refractivity contribution in [3.8, 4) is 0 Å². The minimum atomic E-state index is -0.858. The number of nitrogens with zero attached hydrogens (tertiary/aromatic N) is 2. The third-order valence-electron chi connectivity index (χ3n) is 3.85. The van der Waals surface area contributed by atoms with Gasteiger partial charge in [0.2, 0.25) is 0 Å². The van der Waals surface area contributed by atoms with Crippen molar-refractivity contribution in [3.05, 3.63) is 17.0 Å². The molecule has 16 heavy (non-hydrogen) atoms. The highest BCUT2D eigenvalue weighted by Crippen LogP contribution is 2.39. The molecule has 1 saturated carbocycles. The lowest BCUT2D eigenvalue weighted by molar-refractivity contribution is 0.0687. The molecule has 1 aliphatic heterocycles. The van der Waals surface area contributed by atoms with Crippen molar-refractivity contribution in [1.29, 1.82) is 0 Å². The first-order valence-corrected chi connectivity index (χ1v) is 6.10. The van der Waals surface area contributed by atoms with Crippen molar-refractivity contribution in [2.24, 2.45) is 0 Å². The quantitative estimate of drug-likeness (QED) is 0.831. The molecule has 4 heteroatoms. The predicted octanol–water partition coefficient (Wildman–Crippen LogP) is 2.19. The fourth-order valence-electron chi connectivity index (χ4n) is 3.16. The molecule has 0 unspecified atom stereocenters. The standard InChI is InChI=1S/C12H16N2O2/c15-12(16)11-10(8-4-1-2-5-8)9-6-3-7-14(9)13-11/h8H,1-7H2,(H,15,16). The Bertz CT molecular complexity index is 430. The van der Waals surface area contributed by atoms with Crippen LogP contribution in [0, 0.1) is 0 Å². The van der Waals surface area contributed by atoms with Crippen LogP contribution in [0.1, 0.15) is 59.8 Å². The van der Waals surface area contributed by atoms with Crippen LogP contribution in [0.4, 0.5) is 0 Å². The third kappa shape index (κ3) is 1.36. The number of carbonyl (C=O) groups is 1. The van der Waals surface area contributed by atoms with Gasteiger partial charge < -0.3 is 5.11 Å². The van der Waals surface area contributed by atoms with Crippen LogP contribution in [0.2, 0.25) is 0 Å². The van der Waals surface area contributed by atoms with Crippen LogP contribution in [-0.4, -0.2) is 20.9 Å².